The lowest BCUT2D eigenvalue weighted by molar-refractivity contribution is 1.00. The van der Waals surface area contributed by atoms with E-state index in [0.717, 1.165) is 5.75 Å². The van der Waals surface area contributed by atoms with Gasteiger partial charge in [0.05, 0.1) is 0 Å². The van der Waals surface area contributed by atoms with Gasteiger partial charge >= 0.3 is 0 Å². The van der Waals surface area contributed by atoms with Crippen LogP contribution in [0.1, 0.15) is 18.1 Å². The Hall–Kier alpha value is -1.45. The molecule has 3 heteroatoms. The minimum atomic E-state index is 0.564. The summed E-state index contributed by atoms with van der Waals surface area (Å²) < 4.78 is 0. The van der Waals surface area contributed by atoms with E-state index in [9.17, 15) is 0 Å². The van der Waals surface area contributed by atoms with Crippen LogP contribution in [0.25, 0.3) is 0 Å². The van der Waals surface area contributed by atoms with Gasteiger partial charge in [0, 0.05) is 35.4 Å². The smallest absolute Gasteiger partial charge is 0.0465 e. The molecule has 20 heavy (non-hydrogen) atoms. The highest BCUT2D eigenvalue weighted by molar-refractivity contribution is 7.99. The van der Waals surface area contributed by atoms with Crippen LogP contribution < -0.4 is 10.6 Å². The van der Waals surface area contributed by atoms with Gasteiger partial charge in [-0.2, -0.15) is 0 Å². The Bertz CT molecular complexity index is 581. The maximum Gasteiger partial charge on any atom is 0.0465 e. The Labute approximate surface area is 126 Å². The molecule has 0 saturated carbocycles. The largest absolute Gasteiger partial charge is 0.344 e. The van der Waals surface area contributed by atoms with Gasteiger partial charge < -0.3 is 10.6 Å². The molecule has 0 aliphatic heterocycles. The number of anilines is 2. The summed E-state index contributed by atoms with van der Waals surface area (Å²) in [5, 5.41) is 0. The van der Waals surface area contributed by atoms with Crippen LogP contribution in [0, 0.1) is 6.92 Å². The second kappa shape index (κ2) is 6.82. The SMILES string of the molecule is CCSc1cccc(N(C)c2ccccc2C)c1CN. The van der Waals surface area contributed by atoms with Crippen LogP contribution >= 0.6 is 11.8 Å². The third-order valence-electron chi connectivity index (χ3n) is 3.45. The fraction of sp³-hybridized carbons (Fsp3) is 0.294. The molecule has 2 aromatic carbocycles. The maximum absolute atomic E-state index is 6.00. The normalized spacial score (nSPS) is 10.6. The molecule has 0 bridgehead atoms. The molecule has 0 amide bonds. The Balaban J connectivity index is 2.47. The minimum Gasteiger partial charge on any atom is -0.344 e. The topological polar surface area (TPSA) is 29.3 Å². The van der Waals surface area contributed by atoms with Crippen LogP contribution in [0.4, 0.5) is 11.4 Å². The van der Waals surface area contributed by atoms with Crippen LogP contribution in [0.2, 0.25) is 0 Å². The summed E-state index contributed by atoms with van der Waals surface area (Å²) >= 11 is 1.85. The zero-order valence-electron chi connectivity index (χ0n) is 12.4. The van der Waals surface area contributed by atoms with Crippen molar-refractivity contribution in [1.29, 1.82) is 0 Å². The first kappa shape index (κ1) is 14.9. The molecule has 0 heterocycles. The van der Waals surface area contributed by atoms with Gasteiger partial charge in [-0.15, -0.1) is 11.8 Å². The van der Waals surface area contributed by atoms with Gasteiger partial charge in [0.1, 0.15) is 0 Å². The summed E-state index contributed by atoms with van der Waals surface area (Å²) in [7, 11) is 2.11. The molecule has 2 N–H and O–H groups in total. The van der Waals surface area contributed by atoms with Crippen LogP contribution in [0.15, 0.2) is 47.4 Å². The second-order valence-corrected chi connectivity index (χ2v) is 6.04. The summed E-state index contributed by atoms with van der Waals surface area (Å²) in [5.41, 5.74) is 10.9. The Morgan fingerprint density at radius 3 is 2.40 bits per heavy atom. The van der Waals surface area contributed by atoms with Crippen molar-refractivity contribution in [3.63, 3.8) is 0 Å². The number of thioether (sulfide) groups is 1. The van der Waals surface area contributed by atoms with Crippen molar-refractivity contribution in [2.75, 3.05) is 17.7 Å². The second-order valence-electron chi connectivity index (χ2n) is 4.74. The van der Waals surface area contributed by atoms with E-state index >= 15 is 0 Å². The average molecular weight is 286 g/mol. The Kier molecular flexibility index (Phi) is 5.10. The van der Waals surface area contributed by atoms with Gasteiger partial charge in [-0.25, -0.2) is 0 Å². The van der Waals surface area contributed by atoms with Crippen molar-refractivity contribution in [3.8, 4) is 0 Å². The fourth-order valence-electron chi connectivity index (χ4n) is 2.43. The number of rotatable bonds is 5. The standard InChI is InChI=1S/C17H22N2S/c1-4-20-17-11-7-10-16(14(17)12-18)19(3)15-9-6-5-8-13(15)2/h5-11H,4,12,18H2,1-3H3. The lowest BCUT2D eigenvalue weighted by Crippen LogP contribution is -2.15. The summed E-state index contributed by atoms with van der Waals surface area (Å²) in [5.74, 6) is 1.06. The molecule has 0 unspecified atom stereocenters. The molecule has 0 atom stereocenters. The van der Waals surface area contributed by atoms with Crippen LogP contribution in [-0.2, 0) is 6.54 Å². The number of aryl methyl sites for hydroxylation is 1. The fourth-order valence-corrected chi connectivity index (χ4v) is 3.28. The molecule has 2 rings (SSSR count). The third kappa shape index (κ3) is 3.00. The molecule has 0 aromatic heterocycles. The number of hydrogen-bond acceptors (Lipinski definition) is 3. The molecule has 2 aromatic rings. The minimum absolute atomic E-state index is 0.564. The average Bonchev–Trinajstić information content (AvgIpc) is 2.47. The number of hydrogen-bond donors (Lipinski definition) is 1. The van der Waals surface area contributed by atoms with Crippen molar-refractivity contribution in [3.05, 3.63) is 53.6 Å². The molecule has 2 nitrogen and oxygen atoms in total. The summed E-state index contributed by atoms with van der Waals surface area (Å²) in [6.45, 7) is 4.87. The molecule has 0 spiro atoms. The molecular weight excluding hydrogens is 264 g/mol. The third-order valence-corrected chi connectivity index (χ3v) is 4.43. The number of benzene rings is 2. The van der Waals surface area contributed by atoms with Crippen molar-refractivity contribution < 1.29 is 0 Å². The number of para-hydroxylation sites is 1. The van der Waals surface area contributed by atoms with E-state index in [4.69, 9.17) is 5.73 Å². The van der Waals surface area contributed by atoms with Gasteiger partial charge in [0.2, 0.25) is 0 Å². The van der Waals surface area contributed by atoms with E-state index in [2.05, 4.69) is 68.3 Å². The highest BCUT2D eigenvalue weighted by atomic mass is 32.2. The highest BCUT2D eigenvalue weighted by Gasteiger charge is 2.13. The Morgan fingerprint density at radius 2 is 1.75 bits per heavy atom. The lowest BCUT2D eigenvalue weighted by atomic mass is 10.1. The summed E-state index contributed by atoms with van der Waals surface area (Å²) in [4.78, 5) is 3.52. The van der Waals surface area contributed by atoms with Gasteiger partial charge in [0.15, 0.2) is 0 Å². The molecule has 0 radical (unpaired) electrons. The zero-order valence-corrected chi connectivity index (χ0v) is 13.2. The molecule has 106 valence electrons. The van der Waals surface area contributed by atoms with Crippen LogP contribution in [0.5, 0.6) is 0 Å². The first-order valence-corrected chi connectivity index (χ1v) is 7.91. The first-order valence-electron chi connectivity index (χ1n) is 6.93. The van der Waals surface area contributed by atoms with E-state index in [0.29, 0.717) is 6.54 Å². The number of nitrogens with two attached hydrogens (primary N) is 1. The van der Waals surface area contributed by atoms with Gasteiger partial charge in [0.25, 0.3) is 0 Å². The summed E-state index contributed by atoms with van der Waals surface area (Å²) in [6, 6.07) is 14.8. The molecule has 0 aliphatic carbocycles. The van der Waals surface area contributed by atoms with E-state index in [1.165, 1.54) is 27.4 Å². The van der Waals surface area contributed by atoms with Crippen molar-refractivity contribution in [1.82, 2.24) is 0 Å². The van der Waals surface area contributed by atoms with E-state index in [1.54, 1.807) is 0 Å². The molecular formula is C17H22N2S. The monoisotopic (exact) mass is 286 g/mol. The first-order chi connectivity index (χ1) is 9.69. The van der Waals surface area contributed by atoms with Gasteiger partial charge in [-0.1, -0.05) is 31.2 Å². The van der Waals surface area contributed by atoms with Crippen molar-refractivity contribution in [2.45, 2.75) is 25.3 Å². The lowest BCUT2D eigenvalue weighted by Gasteiger charge is -2.25. The predicted molar refractivity (Wildman–Crippen MR) is 90.0 cm³/mol. The highest BCUT2D eigenvalue weighted by Crippen LogP contribution is 2.34. The molecule has 0 saturated heterocycles. The van der Waals surface area contributed by atoms with E-state index < -0.39 is 0 Å². The van der Waals surface area contributed by atoms with E-state index in [1.807, 2.05) is 11.8 Å². The Morgan fingerprint density at radius 1 is 1.05 bits per heavy atom. The van der Waals surface area contributed by atoms with Gasteiger partial charge in [-0.3, -0.25) is 0 Å². The van der Waals surface area contributed by atoms with Crippen LogP contribution in [0.3, 0.4) is 0 Å². The van der Waals surface area contributed by atoms with Crippen molar-refractivity contribution in [2.24, 2.45) is 5.73 Å². The quantitative estimate of drug-likeness (QED) is 0.829. The molecule has 0 aliphatic rings. The van der Waals surface area contributed by atoms with Crippen LogP contribution in [-0.4, -0.2) is 12.8 Å². The number of nitrogens with zero attached hydrogens (tertiary/aromatic N) is 1. The predicted octanol–water partition coefficient (Wildman–Crippen LogP) is 4.33. The maximum atomic E-state index is 6.00. The van der Waals surface area contributed by atoms with Crippen molar-refractivity contribution >= 4 is 23.1 Å². The summed E-state index contributed by atoms with van der Waals surface area (Å²) in [6.07, 6.45) is 0. The van der Waals surface area contributed by atoms with Gasteiger partial charge in [-0.05, 0) is 36.4 Å². The van der Waals surface area contributed by atoms with E-state index in [-0.39, 0.29) is 0 Å². The zero-order chi connectivity index (χ0) is 14.5. The molecule has 0 fully saturated rings.